The Balaban J connectivity index is 4.29. The fourth-order valence-corrected chi connectivity index (χ4v) is 2.71. The van der Waals surface area contributed by atoms with Crippen molar-refractivity contribution in [2.75, 3.05) is 0 Å². The summed E-state index contributed by atoms with van der Waals surface area (Å²) in [6, 6.07) is 0. The highest BCUT2D eigenvalue weighted by molar-refractivity contribution is 6.69. The molecule has 0 aromatic rings. The van der Waals surface area contributed by atoms with E-state index in [2.05, 4.69) is 39.4 Å². The summed E-state index contributed by atoms with van der Waals surface area (Å²) in [5, 5.41) is 0. The van der Waals surface area contributed by atoms with Crippen LogP contribution in [0.2, 0.25) is 19.6 Å². The van der Waals surface area contributed by atoms with Gasteiger partial charge in [-0.3, -0.25) is 0 Å². The third kappa shape index (κ3) is 6.76. The first-order valence-electron chi connectivity index (χ1n) is 6.08. The lowest BCUT2D eigenvalue weighted by atomic mass is 9.94. The first kappa shape index (κ1) is 14.7. The third-order valence-corrected chi connectivity index (χ3v) is 3.49. The summed E-state index contributed by atoms with van der Waals surface area (Å²) in [6.07, 6.45) is 10.4. The van der Waals surface area contributed by atoms with Gasteiger partial charge in [-0.15, -0.1) is 6.42 Å². The van der Waals surface area contributed by atoms with E-state index in [0.717, 1.165) is 6.42 Å². The molecule has 0 unspecified atom stereocenters. The van der Waals surface area contributed by atoms with Gasteiger partial charge in [-0.2, -0.15) is 0 Å². The number of hydrogen-bond acceptors (Lipinski definition) is 1. The van der Waals surface area contributed by atoms with Gasteiger partial charge in [0.15, 0.2) is 8.32 Å². The fraction of sp³-hybridized carbons (Fsp3) is 0.846. The van der Waals surface area contributed by atoms with Crippen molar-refractivity contribution < 1.29 is 4.43 Å². The quantitative estimate of drug-likeness (QED) is 0.470. The Bertz CT molecular complexity index is 200. The highest BCUT2D eigenvalue weighted by Crippen LogP contribution is 2.22. The van der Waals surface area contributed by atoms with Crippen LogP contribution in [0.3, 0.4) is 0 Å². The van der Waals surface area contributed by atoms with E-state index in [4.69, 9.17) is 10.8 Å². The average Bonchev–Trinajstić information content (AvgIpc) is 2.15. The first-order valence-corrected chi connectivity index (χ1v) is 9.49. The molecule has 0 aliphatic rings. The Morgan fingerprint density at radius 3 is 2.20 bits per heavy atom. The van der Waals surface area contributed by atoms with Gasteiger partial charge in [0.25, 0.3) is 0 Å². The van der Waals surface area contributed by atoms with E-state index < -0.39 is 8.32 Å². The molecule has 0 saturated carbocycles. The number of unbranched alkanes of at least 4 members (excludes halogenated alkanes) is 1. The summed E-state index contributed by atoms with van der Waals surface area (Å²) in [7, 11) is -1.50. The molecule has 0 aromatic carbocycles. The molecule has 0 fully saturated rings. The van der Waals surface area contributed by atoms with Crippen LogP contribution in [0.25, 0.3) is 0 Å². The molecular weight excluding hydrogens is 200 g/mol. The molecule has 0 bridgehead atoms. The minimum Gasteiger partial charge on any atom is -0.404 e. The Morgan fingerprint density at radius 2 is 1.87 bits per heavy atom. The van der Waals surface area contributed by atoms with Gasteiger partial charge in [-0.25, -0.2) is 0 Å². The molecule has 0 radical (unpaired) electrons. The molecule has 88 valence electrons. The van der Waals surface area contributed by atoms with Gasteiger partial charge in [0, 0.05) is 0 Å². The van der Waals surface area contributed by atoms with Gasteiger partial charge in [0.2, 0.25) is 0 Å². The molecule has 2 atom stereocenters. The molecule has 0 aromatic heterocycles. The monoisotopic (exact) mass is 226 g/mol. The van der Waals surface area contributed by atoms with Crippen LogP contribution in [0.5, 0.6) is 0 Å². The lowest BCUT2D eigenvalue weighted by Gasteiger charge is -2.28. The van der Waals surface area contributed by atoms with Gasteiger partial charge < -0.3 is 4.43 Å². The molecule has 0 saturated heterocycles. The van der Waals surface area contributed by atoms with Gasteiger partial charge in [-0.05, 0) is 38.4 Å². The summed E-state index contributed by atoms with van der Waals surface area (Å²) < 4.78 is 6.04. The largest absolute Gasteiger partial charge is 0.404 e. The normalized spacial score (nSPS) is 15.7. The van der Waals surface area contributed by atoms with Crippen molar-refractivity contribution in [2.24, 2.45) is 5.92 Å². The van der Waals surface area contributed by atoms with Crippen molar-refractivity contribution in [3.05, 3.63) is 0 Å². The summed E-state index contributed by atoms with van der Waals surface area (Å²) >= 11 is 0. The lowest BCUT2D eigenvalue weighted by molar-refractivity contribution is 0.167. The minimum absolute atomic E-state index is 0.0354. The lowest BCUT2D eigenvalue weighted by Crippen LogP contribution is -2.35. The Morgan fingerprint density at radius 1 is 1.27 bits per heavy atom. The second-order valence-electron chi connectivity index (χ2n) is 5.13. The van der Waals surface area contributed by atoms with Gasteiger partial charge in [0.05, 0.1) is 0 Å². The van der Waals surface area contributed by atoms with Crippen LogP contribution >= 0.6 is 0 Å². The van der Waals surface area contributed by atoms with Crippen molar-refractivity contribution in [3.63, 3.8) is 0 Å². The number of rotatable bonds is 7. The molecule has 2 heteroatoms. The molecule has 0 amide bonds. The SMILES string of the molecule is C#C[C@@H](O[Si](C)(C)C)[C@H](CC)CCCC. The van der Waals surface area contributed by atoms with Crippen LogP contribution in [-0.4, -0.2) is 14.4 Å². The summed E-state index contributed by atoms with van der Waals surface area (Å²) in [5.41, 5.74) is 0. The standard InChI is InChI=1S/C13H26OSi/c1-7-10-11-12(8-2)13(9-3)14-15(4,5)6/h3,12-13H,7-8,10-11H2,1-2,4-6H3/t12-,13-/m1/s1. The maximum absolute atomic E-state index is 6.04. The molecule has 0 N–H and O–H groups in total. The topological polar surface area (TPSA) is 9.23 Å². The van der Waals surface area contributed by atoms with E-state index in [1.807, 2.05) is 0 Å². The highest BCUT2D eigenvalue weighted by Gasteiger charge is 2.25. The van der Waals surface area contributed by atoms with Gasteiger partial charge in [0.1, 0.15) is 6.10 Å². The third-order valence-electron chi connectivity index (χ3n) is 2.53. The van der Waals surface area contributed by atoms with Crippen LogP contribution in [0.4, 0.5) is 0 Å². The van der Waals surface area contributed by atoms with Crippen molar-refractivity contribution in [1.82, 2.24) is 0 Å². The molecule has 0 heterocycles. The zero-order valence-corrected chi connectivity index (χ0v) is 12.0. The van der Waals surface area contributed by atoms with Crippen LogP contribution in [0.15, 0.2) is 0 Å². The maximum atomic E-state index is 6.04. The Kier molecular flexibility index (Phi) is 6.96. The van der Waals surface area contributed by atoms with Crippen LogP contribution < -0.4 is 0 Å². The molecule has 0 aliphatic carbocycles. The van der Waals surface area contributed by atoms with E-state index in [1.54, 1.807) is 0 Å². The van der Waals surface area contributed by atoms with Crippen LogP contribution in [-0.2, 0) is 4.43 Å². The average molecular weight is 226 g/mol. The summed E-state index contributed by atoms with van der Waals surface area (Å²) in [4.78, 5) is 0. The van der Waals surface area contributed by atoms with Gasteiger partial charge >= 0.3 is 0 Å². The van der Waals surface area contributed by atoms with E-state index in [9.17, 15) is 0 Å². The minimum atomic E-state index is -1.50. The predicted octanol–water partition coefficient (Wildman–Crippen LogP) is 4.06. The van der Waals surface area contributed by atoms with E-state index >= 15 is 0 Å². The molecular formula is C13H26OSi. The van der Waals surface area contributed by atoms with Crippen molar-refractivity contribution in [1.29, 1.82) is 0 Å². The second kappa shape index (κ2) is 7.08. The second-order valence-corrected chi connectivity index (χ2v) is 9.59. The van der Waals surface area contributed by atoms with E-state index in [1.165, 1.54) is 19.3 Å². The maximum Gasteiger partial charge on any atom is 0.185 e. The molecule has 15 heavy (non-hydrogen) atoms. The van der Waals surface area contributed by atoms with Crippen molar-refractivity contribution in [2.45, 2.75) is 65.3 Å². The molecule has 0 rings (SSSR count). The zero-order valence-electron chi connectivity index (χ0n) is 11.0. The highest BCUT2D eigenvalue weighted by atomic mass is 28.4. The number of hydrogen-bond donors (Lipinski definition) is 0. The van der Waals surface area contributed by atoms with Crippen molar-refractivity contribution >= 4 is 8.32 Å². The smallest absolute Gasteiger partial charge is 0.185 e. The van der Waals surface area contributed by atoms with Crippen LogP contribution in [0.1, 0.15) is 39.5 Å². The first-order chi connectivity index (χ1) is 6.94. The fourth-order valence-electron chi connectivity index (χ4n) is 1.68. The molecule has 1 nitrogen and oxygen atoms in total. The van der Waals surface area contributed by atoms with Crippen molar-refractivity contribution in [3.8, 4) is 12.3 Å². The summed E-state index contributed by atoms with van der Waals surface area (Å²) in [5.74, 6) is 3.37. The summed E-state index contributed by atoms with van der Waals surface area (Å²) in [6.45, 7) is 11.0. The van der Waals surface area contributed by atoms with E-state index in [0.29, 0.717) is 5.92 Å². The number of terminal acetylenes is 1. The molecule has 0 aliphatic heterocycles. The van der Waals surface area contributed by atoms with E-state index in [-0.39, 0.29) is 6.10 Å². The predicted molar refractivity (Wildman–Crippen MR) is 70.4 cm³/mol. The Labute approximate surface area is 96.7 Å². The van der Waals surface area contributed by atoms with Crippen LogP contribution in [0, 0.1) is 18.3 Å². The zero-order chi connectivity index (χ0) is 11.9. The Hall–Kier alpha value is -0.263. The molecule has 0 spiro atoms. The van der Waals surface area contributed by atoms with Gasteiger partial charge in [-0.1, -0.05) is 32.6 Å².